The van der Waals surface area contributed by atoms with Crippen molar-refractivity contribution >= 4 is 5.97 Å². The van der Waals surface area contributed by atoms with Crippen LogP contribution >= 0.6 is 0 Å². The topological polar surface area (TPSA) is 105 Å². The molecule has 0 spiro atoms. The van der Waals surface area contributed by atoms with Gasteiger partial charge in [-0.25, -0.2) is 9.97 Å². The third-order valence-electron chi connectivity index (χ3n) is 7.63. The molecule has 0 atom stereocenters. The maximum absolute atomic E-state index is 12.1. The molecule has 3 N–H and O–H groups in total. The number of benzene rings is 1. The Labute approximate surface area is 246 Å². The Morgan fingerprint density at radius 2 is 1.61 bits per heavy atom. The SMILES string of the molecule is CCCC(N)(CCC)CCCN(CCC(=O)OCC)Cc1ccc(CN(Cc2ncc[nH]2)Cc2nccn2C)cc1. The van der Waals surface area contributed by atoms with Gasteiger partial charge in [-0.05, 0) is 50.3 Å². The number of nitrogens with two attached hydrogens (primary N) is 1. The smallest absolute Gasteiger partial charge is 0.307 e. The molecule has 226 valence electrons. The van der Waals surface area contributed by atoms with Gasteiger partial charge in [0.05, 0.1) is 26.1 Å². The van der Waals surface area contributed by atoms with E-state index in [1.807, 2.05) is 32.6 Å². The Balaban J connectivity index is 1.63. The van der Waals surface area contributed by atoms with E-state index >= 15 is 0 Å². The maximum atomic E-state index is 12.1. The van der Waals surface area contributed by atoms with E-state index in [4.69, 9.17) is 10.5 Å². The number of nitrogens with one attached hydrogen (secondary N) is 1. The molecule has 41 heavy (non-hydrogen) atoms. The highest BCUT2D eigenvalue weighted by molar-refractivity contribution is 5.69. The van der Waals surface area contributed by atoms with Crippen LogP contribution in [0.4, 0.5) is 0 Å². The molecule has 3 rings (SSSR count). The number of hydrogen-bond donors (Lipinski definition) is 2. The van der Waals surface area contributed by atoms with E-state index in [9.17, 15) is 4.79 Å². The van der Waals surface area contributed by atoms with E-state index in [-0.39, 0.29) is 11.5 Å². The number of aromatic amines is 1. The number of aromatic nitrogens is 4. The van der Waals surface area contributed by atoms with Crippen LogP contribution in [-0.4, -0.2) is 60.5 Å². The lowest BCUT2D eigenvalue weighted by atomic mass is 9.85. The van der Waals surface area contributed by atoms with Gasteiger partial charge < -0.3 is 20.0 Å². The molecule has 2 aromatic heterocycles. The van der Waals surface area contributed by atoms with Gasteiger partial charge in [-0.3, -0.25) is 14.6 Å². The summed E-state index contributed by atoms with van der Waals surface area (Å²) in [6.45, 7) is 11.3. The van der Waals surface area contributed by atoms with Crippen molar-refractivity contribution in [2.75, 3.05) is 19.7 Å². The minimum Gasteiger partial charge on any atom is -0.466 e. The van der Waals surface area contributed by atoms with Crippen molar-refractivity contribution in [3.05, 3.63) is 71.8 Å². The van der Waals surface area contributed by atoms with Crippen LogP contribution in [0.15, 0.2) is 49.1 Å². The highest BCUT2D eigenvalue weighted by Crippen LogP contribution is 2.23. The largest absolute Gasteiger partial charge is 0.466 e. The van der Waals surface area contributed by atoms with E-state index in [1.54, 1.807) is 6.20 Å². The Morgan fingerprint density at radius 1 is 0.927 bits per heavy atom. The van der Waals surface area contributed by atoms with Crippen LogP contribution in [0, 0.1) is 0 Å². The van der Waals surface area contributed by atoms with Gasteiger partial charge in [-0.15, -0.1) is 0 Å². The molecule has 0 aliphatic rings. The molecule has 9 nitrogen and oxygen atoms in total. The summed E-state index contributed by atoms with van der Waals surface area (Å²) in [6, 6.07) is 8.83. The summed E-state index contributed by atoms with van der Waals surface area (Å²) >= 11 is 0. The summed E-state index contributed by atoms with van der Waals surface area (Å²) in [5.74, 6) is 1.82. The zero-order chi connectivity index (χ0) is 29.5. The van der Waals surface area contributed by atoms with Crippen LogP contribution in [0.3, 0.4) is 0 Å². The number of H-pyrrole nitrogens is 1. The zero-order valence-corrected chi connectivity index (χ0v) is 25.6. The van der Waals surface area contributed by atoms with E-state index in [0.29, 0.717) is 26.1 Å². The molecule has 0 aliphatic heterocycles. The van der Waals surface area contributed by atoms with Crippen LogP contribution in [0.5, 0.6) is 0 Å². The molecule has 0 radical (unpaired) electrons. The quantitative estimate of drug-likeness (QED) is 0.182. The summed E-state index contributed by atoms with van der Waals surface area (Å²) in [4.78, 5) is 29.0. The number of nitrogens with zero attached hydrogens (tertiary/aromatic N) is 5. The highest BCUT2D eigenvalue weighted by Gasteiger charge is 2.23. The van der Waals surface area contributed by atoms with Crippen LogP contribution in [-0.2, 0) is 42.8 Å². The van der Waals surface area contributed by atoms with Gasteiger partial charge in [0.15, 0.2) is 0 Å². The summed E-state index contributed by atoms with van der Waals surface area (Å²) in [5, 5.41) is 0. The van der Waals surface area contributed by atoms with Gasteiger partial charge in [0.1, 0.15) is 11.6 Å². The number of ether oxygens (including phenoxy) is 1. The lowest BCUT2D eigenvalue weighted by Gasteiger charge is -2.30. The average Bonchev–Trinajstić information content (AvgIpc) is 3.60. The van der Waals surface area contributed by atoms with Crippen molar-refractivity contribution in [3.63, 3.8) is 0 Å². The molecular formula is C32H51N7O2. The number of rotatable bonds is 20. The fraction of sp³-hybridized carbons (Fsp3) is 0.594. The molecule has 3 aromatic rings. The Bertz CT molecular complexity index is 1120. The summed E-state index contributed by atoms with van der Waals surface area (Å²) in [6.07, 6.45) is 14.2. The van der Waals surface area contributed by atoms with Crippen molar-refractivity contribution in [2.45, 2.75) is 97.4 Å². The second-order valence-electron chi connectivity index (χ2n) is 11.2. The van der Waals surface area contributed by atoms with Gasteiger partial charge >= 0.3 is 5.97 Å². The van der Waals surface area contributed by atoms with Crippen molar-refractivity contribution < 1.29 is 9.53 Å². The van der Waals surface area contributed by atoms with Crippen LogP contribution in [0.2, 0.25) is 0 Å². The zero-order valence-electron chi connectivity index (χ0n) is 25.6. The summed E-state index contributed by atoms with van der Waals surface area (Å²) in [7, 11) is 2.02. The lowest BCUT2D eigenvalue weighted by molar-refractivity contribution is -0.143. The first-order valence-corrected chi connectivity index (χ1v) is 15.3. The molecule has 0 unspecified atom stereocenters. The van der Waals surface area contributed by atoms with E-state index in [2.05, 4.69) is 67.4 Å². The van der Waals surface area contributed by atoms with Crippen LogP contribution < -0.4 is 5.73 Å². The second kappa shape index (κ2) is 17.1. The number of carbonyl (C=O) groups excluding carboxylic acids is 1. The van der Waals surface area contributed by atoms with Crippen molar-refractivity contribution in [1.82, 2.24) is 29.3 Å². The Hall–Kier alpha value is -3.01. The monoisotopic (exact) mass is 565 g/mol. The number of imidazole rings is 2. The predicted octanol–water partition coefficient (Wildman–Crippen LogP) is 5.18. The Morgan fingerprint density at radius 3 is 2.17 bits per heavy atom. The molecule has 1 aromatic carbocycles. The number of aryl methyl sites for hydroxylation is 1. The molecule has 0 saturated heterocycles. The molecule has 0 aliphatic carbocycles. The first-order chi connectivity index (χ1) is 19.8. The normalized spacial score (nSPS) is 12.0. The number of hydrogen-bond acceptors (Lipinski definition) is 7. The fourth-order valence-electron chi connectivity index (χ4n) is 5.56. The van der Waals surface area contributed by atoms with Crippen molar-refractivity contribution in [2.24, 2.45) is 12.8 Å². The van der Waals surface area contributed by atoms with Gasteiger partial charge in [0.2, 0.25) is 0 Å². The minimum absolute atomic E-state index is 0.0889. The first-order valence-electron chi connectivity index (χ1n) is 15.3. The molecule has 0 amide bonds. The van der Waals surface area contributed by atoms with E-state index < -0.39 is 0 Å². The molecule has 0 fully saturated rings. The highest BCUT2D eigenvalue weighted by atomic mass is 16.5. The molecule has 2 heterocycles. The van der Waals surface area contributed by atoms with Crippen molar-refractivity contribution in [3.8, 4) is 0 Å². The fourth-order valence-corrected chi connectivity index (χ4v) is 5.56. The van der Waals surface area contributed by atoms with E-state index in [0.717, 1.165) is 76.4 Å². The Kier molecular flexibility index (Phi) is 13.5. The van der Waals surface area contributed by atoms with Crippen LogP contribution in [0.1, 0.15) is 88.5 Å². The second-order valence-corrected chi connectivity index (χ2v) is 11.2. The molecular weight excluding hydrogens is 514 g/mol. The molecule has 0 bridgehead atoms. The standard InChI is InChI=1S/C32H51N7O2/c1-5-14-32(33,15-6-2)16-8-20-38(21-13-31(40)41-7-3)23-27-9-11-28(12-10-27)24-39(25-29-34-17-18-35-29)26-30-36-19-22-37(30)4/h9-12,17-19,22H,5-8,13-16,20-21,23-26,33H2,1-4H3,(H,34,35). The first kappa shape index (κ1) is 32.5. The van der Waals surface area contributed by atoms with E-state index in [1.165, 1.54) is 11.1 Å². The van der Waals surface area contributed by atoms with Gasteiger partial charge in [-0.1, -0.05) is 51.0 Å². The minimum atomic E-state index is -0.137. The average molecular weight is 566 g/mol. The maximum Gasteiger partial charge on any atom is 0.307 e. The predicted molar refractivity (Wildman–Crippen MR) is 164 cm³/mol. The molecule has 0 saturated carbocycles. The van der Waals surface area contributed by atoms with Gasteiger partial charge in [0.25, 0.3) is 0 Å². The number of esters is 1. The van der Waals surface area contributed by atoms with Gasteiger partial charge in [0, 0.05) is 57.0 Å². The third kappa shape index (κ3) is 11.4. The van der Waals surface area contributed by atoms with Crippen LogP contribution in [0.25, 0.3) is 0 Å². The summed E-state index contributed by atoms with van der Waals surface area (Å²) in [5.41, 5.74) is 9.14. The van der Waals surface area contributed by atoms with Gasteiger partial charge in [-0.2, -0.15) is 0 Å². The molecule has 9 heteroatoms. The lowest BCUT2D eigenvalue weighted by Crippen LogP contribution is -2.40. The summed E-state index contributed by atoms with van der Waals surface area (Å²) < 4.78 is 7.25. The van der Waals surface area contributed by atoms with Crippen molar-refractivity contribution in [1.29, 1.82) is 0 Å². The third-order valence-corrected chi connectivity index (χ3v) is 7.63. The number of carbonyl (C=O) groups is 1.